The first-order chi connectivity index (χ1) is 10.0. The van der Waals surface area contributed by atoms with Gasteiger partial charge in [0.2, 0.25) is 5.91 Å². The van der Waals surface area contributed by atoms with Crippen LogP contribution in [0.4, 0.5) is 0 Å². The maximum Gasteiger partial charge on any atom is 0.279 e. The fourth-order valence-electron chi connectivity index (χ4n) is 1.62. The molecular formula is C15H21ClN2O3. The predicted octanol–water partition coefficient (Wildman–Crippen LogP) is 2.83. The highest BCUT2D eigenvalue weighted by molar-refractivity contribution is 6.32. The van der Waals surface area contributed by atoms with E-state index in [0.29, 0.717) is 17.2 Å². The molecule has 0 aliphatic carbocycles. The predicted molar refractivity (Wildman–Crippen MR) is 82.0 cm³/mol. The van der Waals surface area contributed by atoms with E-state index in [1.165, 1.54) is 0 Å². The molecule has 116 valence electrons. The Labute approximate surface area is 130 Å². The van der Waals surface area contributed by atoms with Crippen molar-refractivity contribution in [2.75, 3.05) is 0 Å². The van der Waals surface area contributed by atoms with Gasteiger partial charge in [-0.15, -0.1) is 0 Å². The van der Waals surface area contributed by atoms with Crippen LogP contribution in [0.1, 0.15) is 39.5 Å². The molecule has 0 radical (unpaired) electrons. The number of carbonyl (C=O) groups excluding carboxylic acids is 2. The van der Waals surface area contributed by atoms with Crippen LogP contribution in [-0.4, -0.2) is 17.9 Å². The molecule has 2 N–H and O–H groups in total. The fourth-order valence-corrected chi connectivity index (χ4v) is 1.80. The number of halogens is 1. The summed E-state index contributed by atoms with van der Waals surface area (Å²) in [6.45, 7) is 3.65. The van der Waals surface area contributed by atoms with Gasteiger partial charge >= 0.3 is 0 Å². The first kappa shape index (κ1) is 17.3. The molecule has 1 aromatic carbocycles. The van der Waals surface area contributed by atoms with E-state index in [-0.39, 0.29) is 5.91 Å². The quantitative estimate of drug-likeness (QED) is 0.601. The van der Waals surface area contributed by atoms with Gasteiger partial charge in [-0.25, -0.2) is 0 Å². The topological polar surface area (TPSA) is 67.4 Å². The van der Waals surface area contributed by atoms with Crippen LogP contribution in [0, 0.1) is 0 Å². The largest absolute Gasteiger partial charge is 0.479 e. The van der Waals surface area contributed by atoms with E-state index in [9.17, 15) is 9.59 Å². The zero-order valence-corrected chi connectivity index (χ0v) is 13.1. The van der Waals surface area contributed by atoms with Crippen LogP contribution in [0.15, 0.2) is 24.3 Å². The lowest BCUT2D eigenvalue weighted by molar-refractivity contribution is -0.132. The van der Waals surface area contributed by atoms with Crippen molar-refractivity contribution in [1.29, 1.82) is 0 Å². The summed E-state index contributed by atoms with van der Waals surface area (Å²) in [5.41, 5.74) is 4.71. The average molecular weight is 313 g/mol. The summed E-state index contributed by atoms with van der Waals surface area (Å²) in [6.07, 6.45) is 2.48. The van der Waals surface area contributed by atoms with Gasteiger partial charge in [-0.05, 0) is 25.5 Å². The first-order valence-electron chi connectivity index (χ1n) is 7.04. The first-order valence-corrected chi connectivity index (χ1v) is 7.42. The van der Waals surface area contributed by atoms with E-state index in [1.54, 1.807) is 31.2 Å². The highest BCUT2D eigenvalue weighted by Crippen LogP contribution is 2.24. The van der Waals surface area contributed by atoms with Gasteiger partial charge in [0.15, 0.2) is 6.10 Å². The van der Waals surface area contributed by atoms with Crippen LogP contribution >= 0.6 is 11.6 Å². The Morgan fingerprint density at radius 3 is 2.62 bits per heavy atom. The summed E-state index contributed by atoms with van der Waals surface area (Å²) in [4.78, 5) is 23.3. The average Bonchev–Trinajstić information content (AvgIpc) is 2.47. The minimum Gasteiger partial charge on any atom is -0.479 e. The molecule has 0 aromatic heterocycles. The molecule has 1 rings (SSSR count). The van der Waals surface area contributed by atoms with E-state index in [2.05, 4.69) is 17.8 Å². The Bertz CT molecular complexity index is 480. The number of unbranched alkanes of at least 4 members (excludes halogenated alkanes) is 2. The molecule has 0 fully saturated rings. The molecule has 0 heterocycles. The zero-order valence-electron chi connectivity index (χ0n) is 12.3. The van der Waals surface area contributed by atoms with Gasteiger partial charge in [0.1, 0.15) is 5.75 Å². The molecule has 0 spiro atoms. The zero-order chi connectivity index (χ0) is 15.7. The van der Waals surface area contributed by atoms with Crippen LogP contribution in [-0.2, 0) is 9.59 Å². The summed E-state index contributed by atoms with van der Waals surface area (Å²) in [7, 11) is 0. The van der Waals surface area contributed by atoms with Gasteiger partial charge in [0, 0.05) is 6.42 Å². The lowest BCUT2D eigenvalue weighted by Gasteiger charge is -2.15. The number of ether oxygens (including phenoxy) is 1. The summed E-state index contributed by atoms with van der Waals surface area (Å²) < 4.78 is 5.44. The molecule has 0 aliphatic rings. The lowest BCUT2D eigenvalue weighted by atomic mass is 10.2. The highest BCUT2D eigenvalue weighted by Gasteiger charge is 2.16. The molecule has 1 aromatic rings. The molecule has 5 nitrogen and oxygen atoms in total. The van der Waals surface area contributed by atoms with E-state index in [0.717, 1.165) is 19.3 Å². The molecule has 21 heavy (non-hydrogen) atoms. The van der Waals surface area contributed by atoms with Crippen molar-refractivity contribution in [3.8, 4) is 5.75 Å². The minimum atomic E-state index is -0.763. The number of hydrogen-bond acceptors (Lipinski definition) is 3. The number of benzene rings is 1. The normalized spacial score (nSPS) is 11.6. The van der Waals surface area contributed by atoms with E-state index >= 15 is 0 Å². The Morgan fingerprint density at radius 2 is 1.95 bits per heavy atom. The Kier molecular flexibility index (Phi) is 7.61. The molecule has 0 aliphatic heterocycles. The van der Waals surface area contributed by atoms with E-state index < -0.39 is 12.0 Å². The molecule has 1 unspecified atom stereocenters. The number of carbonyl (C=O) groups is 2. The van der Waals surface area contributed by atoms with Gasteiger partial charge in [-0.3, -0.25) is 20.4 Å². The van der Waals surface area contributed by atoms with Crippen LogP contribution in [0.3, 0.4) is 0 Å². The molecule has 0 bridgehead atoms. The fraction of sp³-hybridized carbons (Fsp3) is 0.467. The van der Waals surface area contributed by atoms with Gasteiger partial charge < -0.3 is 4.74 Å². The van der Waals surface area contributed by atoms with Crippen LogP contribution < -0.4 is 15.6 Å². The maximum absolute atomic E-state index is 11.8. The maximum atomic E-state index is 11.8. The lowest BCUT2D eigenvalue weighted by Crippen LogP contribution is -2.47. The van der Waals surface area contributed by atoms with Crippen LogP contribution in [0.2, 0.25) is 5.02 Å². The second kappa shape index (κ2) is 9.23. The number of nitrogens with one attached hydrogen (secondary N) is 2. The molecule has 0 saturated heterocycles. The molecule has 0 saturated carbocycles. The van der Waals surface area contributed by atoms with E-state index in [1.807, 2.05) is 0 Å². The van der Waals surface area contributed by atoms with Gasteiger partial charge in [0.05, 0.1) is 5.02 Å². The SMILES string of the molecule is CCCCCC(=O)NNC(=O)C(C)Oc1ccccc1Cl. The van der Waals surface area contributed by atoms with Crippen molar-refractivity contribution in [2.24, 2.45) is 0 Å². The molecule has 6 heteroatoms. The third-order valence-electron chi connectivity index (χ3n) is 2.84. The van der Waals surface area contributed by atoms with Crippen LogP contribution in [0.5, 0.6) is 5.75 Å². The smallest absolute Gasteiger partial charge is 0.279 e. The summed E-state index contributed by atoms with van der Waals surface area (Å²) >= 11 is 5.95. The monoisotopic (exact) mass is 312 g/mol. The third kappa shape index (κ3) is 6.49. The van der Waals surface area contributed by atoms with Gasteiger partial charge in [-0.1, -0.05) is 43.5 Å². The van der Waals surface area contributed by atoms with Gasteiger partial charge in [-0.2, -0.15) is 0 Å². The van der Waals surface area contributed by atoms with E-state index in [4.69, 9.17) is 16.3 Å². The summed E-state index contributed by atoms with van der Waals surface area (Å²) in [5, 5.41) is 0.431. The summed E-state index contributed by atoms with van der Waals surface area (Å²) in [5.74, 6) is -0.211. The standard InChI is InChI=1S/C15H21ClN2O3/c1-3-4-5-10-14(19)17-18-15(20)11(2)21-13-9-7-6-8-12(13)16/h6-9,11H,3-5,10H2,1-2H3,(H,17,19)(H,18,20). The van der Waals surface area contributed by atoms with Gasteiger partial charge in [0.25, 0.3) is 5.91 Å². The van der Waals surface area contributed by atoms with Crippen molar-refractivity contribution in [3.63, 3.8) is 0 Å². The van der Waals surface area contributed by atoms with Crippen molar-refractivity contribution in [2.45, 2.75) is 45.6 Å². The van der Waals surface area contributed by atoms with Crippen molar-refractivity contribution < 1.29 is 14.3 Å². The summed E-state index contributed by atoms with van der Waals surface area (Å²) in [6, 6.07) is 6.89. The van der Waals surface area contributed by atoms with Crippen molar-refractivity contribution in [3.05, 3.63) is 29.3 Å². The third-order valence-corrected chi connectivity index (χ3v) is 3.15. The number of hydrogen-bond donors (Lipinski definition) is 2. The van der Waals surface area contributed by atoms with Crippen molar-refractivity contribution >= 4 is 23.4 Å². The Balaban J connectivity index is 2.34. The number of para-hydroxylation sites is 1. The second-order valence-electron chi connectivity index (χ2n) is 4.69. The number of hydrazine groups is 1. The molecular weight excluding hydrogens is 292 g/mol. The molecule has 1 atom stereocenters. The number of amides is 2. The van der Waals surface area contributed by atoms with Crippen molar-refractivity contribution in [1.82, 2.24) is 10.9 Å². The minimum absolute atomic E-state index is 0.207. The van der Waals surface area contributed by atoms with Crippen LogP contribution in [0.25, 0.3) is 0 Å². The number of rotatable bonds is 7. The Morgan fingerprint density at radius 1 is 1.24 bits per heavy atom. The Hall–Kier alpha value is -1.75. The highest BCUT2D eigenvalue weighted by atomic mass is 35.5. The second-order valence-corrected chi connectivity index (χ2v) is 5.09. The molecule has 2 amide bonds.